The van der Waals surface area contributed by atoms with Crippen LogP contribution in [0.2, 0.25) is 0 Å². The number of rotatable bonds is 4. The Hall–Kier alpha value is -1.10. The molecule has 1 N–H and O–H groups in total. The Bertz CT molecular complexity index is 325. The molecule has 2 aliphatic rings. The van der Waals surface area contributed by atoms with Gasteiger partial charge in [-0.15, -0.1) is 0 Å². The van der Waals surface area contributed by atoms with Crippen LogP contribution >= 0.6 is 0 Å². The minimum Gasteiger partial charge on any atom is -0.479 e. The molecule has 1 aliphatic heterocycles. The molecule has 1 saturated heterocycles. The van der Waals surface area contributed by atoms with E-state index in [0.29, 0.717) is 25.5 Å². The number of nitrogens with zero attached hydrogens (tertiary/aromatic N) is 1. The Morgan fingerprint density at radius 2 is 1.95 bits per heavy atom. The van der Waals surface area contributed by atoms with E-state index in [-0.39, 0.29) is 12.5 Å². The lowest BCUT2D eigenvalue weighted by atomic mass is 9.86. The van der Waals surface area contributed by atoms with E-state index >= 15 is 0 Å². The van der Waals surface area contributed by atoms with Crippen molar-refractivity contribution < 1.29 is 19.4 Å². The average Bonchev–Trinajstić information content (AvgIpc) is 2.46. The number of carboxylic acids is 1. The normalized spacial score (nSPS) is 25.3. The third kappa shape index (κ3) is 4.20. The molecule has 1 saturated carbocycles. The molecule has 1 unspecified atom stereocenters. The minimum atomic E-state index is -0.982. The van der Waals surface area contributed by atoms with Crippen molar-refractivity contribution in [2.24, 2.45) is 5.92 Å². The summed E-state index contributed by atoms with van der Waals surface area (Å²) in [5, 5.41) is 8.91. The molecule has 0 aromatic rings. The lowest BCUT2D eigenvalue weighted by molar-refractivity contribution is -0.159. The van der Waals surface area contributed by atoms with Crippen molar-refractivity contribution >= 4 is 11.9 Å². The molecule has 0 radical (unpaired) electrons. The molecule has 0 spiro atoms. The van der Waals surface area contributed by atoms with Crippen molar-refractivity contribution in [3.05, 3.63) is 0 Å². The zero-order valence-electron chi connectivity index (χ0n) is 11.3. The summed E-state index contributed by atoms with van der Waals surface area (Å²) in [6.07, 6.45) is 7.04. The second-order valence-electron chi connectivity index (χ2n) is 5.58. The van der Waals surface area contributed by atoms with Crippen molar-refractivity contribution in [1.82, 2.24) is 4.90 Å². The van der Waals surface area contributed by atoms with Gasteiger partial charge in [-0.25, -0.2) is 4.79 Å². The molecule has 0 aromatic heterocycles. The molecular formula is C14H23NO4. The minimum absolute atomic E-state index is 0.0834. The molecule has 0 aromatic carbocycles. The number of morpholine rings is 1. The molecule has 1 heterocycles. The standard InChI is InChI=1S/C14H23NO4/c16-13(7-6-11-4-2-1-3-5-11)15-8-9-19-12(10-15)14(17)18/h11-12H,1-10H2,(H,17,18). The largest absolute Gasteiger partial charge is 0.479 e. The topological polar surface area (TPSA) is 66.8 Å². The first-order chi connectivity index (χ1) is 9.16. The molecule has 2 rings (SSSR count). The zero-order chi connectivity index (χ0) is 13.7. The Labute approximate surface area is 113 Å². The fraction of sp³-hybridized carbons (Fsp3) is 0.857. The Kier molecular flexibility index (Phi) is 5.19. The number of hydrogen-bond acceptors (Lipinski definition) is 3. The van der Waals surface area contributed by atoms with Gasteiger partial charge < -0.3 is 14.7 Å². The van der Waals surface area contributed by atoms with Gasteiger partial charge in [0, 0.05) is 13.0 Å². The SMILES string of the molecule is O=C(O)C1CN(C(=O)CCC2CCCCC2)CCO1. The van der Waals surface area contributed by atoms with Crippen LogP contribution in [0.5, 0.6) is 0 Å². The summed E-state index contributed by atoms with van der Waals surface area (Å²) in [6, 6.07) is 0. The fourth-order valence-corrected chi connectivity index (χ4v) is 2.99. The van der Waals surface area contributed by atoms with Crippen molar-refractivity contribution in [3.63, 3.8) is 0 Å². The van der Waals surface area contributed by atoms with E-state index in [0.717, 1.165) is 6.42 Å². The van der Waals surface area contributed by atoms with Crippen molar-refractivity contribution in [1.29, 1.82) is 0 Å². The van der Waals surface area contributed by atoms with Crippen LogP contribution in [0.25, 0.3) is 0 Å². The third-order valence-corrected chi connectivity index (χ3v) is 4.19. The first-order valence-electron chi connectivity index (χ1n) is 7.29. The van der Waals surface area contributed by atoms with Crippen LogP contribution in [0.1, 0.15) is 44.9 Å². The van der Waals surface area contributed by atoms with Crippen LogP contribution in [0.3, 0.4) is 0 Å². The van der Waals surface area contributed by atoms with Gasteiger partial charge in [-0.2, -0.15) is 0 Å². The van der Waals surface area contributed by atoms with E-state index in [4.69, 9.17) is 9.84 Å². The molecule has 19 heavy (non-hydrogen) atoms. The number of carbonyl (C=O) groups is 2. The van der Waals surface area contributed by atoms with Crippen LogP contribution in [-0.4, -0.2) is 47.7 Å². The molecule has 2 fully saturated rings. The maximum Gasteiger partial charge on any atom is 0.334 e. The van der Waals surface area contributed by atoms with E-state index in [1.807, 2.05) is 0 Å². The summed E-state index contributed by atoms with van der Waals surface area (Å²) >= 11 is 0. The number of carbonyl (C=O) groups excluding carboxylic acids is 1. The Morgan fingerprint density at radius 1 is 1.21 bits per heavy atom. The lowest BCUT2D eigenvalue weighted by Gasteiger charge is -2.31. The van der Waals surface area contributed by atoms with Crippen LogP contribution in [0, 0.1) is 5.92 Å². The van der Waals surface area contributed by atoms with Crippen LogP contribution in [-0.2, 0) is 14.3 Å². The molecule has 5 nitrogen and oxygen atoms in total. The highest BCUT2D eigenvalue weighted by atomic mass is 16.5. The summed E-state index contributed by atoms with van der Waals surface area (Å²) in [4.78, 5) is 24.6. The van der Waals surface area contributed by atoms with Gasteiger partial charge in [-0.1, -0.05) is 32.1 Å². The van der Waals surface area contributed by atoms with Crippen LogP contribution in [0.15, 0.2) is 0 Å². The second-order valence-corrected chi connectivity index (χ2v) is 5.58. The van der Waals surface area contributed by atoms with E-state index < -0.39 is 12.1 Å². The fourth-order valence-electron chi connectivity index (χ4n) is 2.99. The summed E-state index contributed by atoms with van der Waals surface area (Å²) in [6.45, 7) is 1.04. The number of ether oxygens (including phenoxy) is 1. The maximum atomic E-state index is 12.1. The van der Waals surface area contributed by atoms with Gasteiger partial charge in [0.15, 0.2) is 6.10 Å². The smallest absolute Gasteiger partial charge is 0.334 e. The van der Waals surface area contributed by atoms with Crippen molar-refractivity contribution in [3.8, 4) is 0 Å². The van der Waals surface area contributed by atoms with E-state index in [1.165, 1.54) is 32.1 Å². The van der Waals surface area contributed by atoms with Gasteiger partial charge in [0.2, 0.25) is 5.91 Å². The maximum absolute atomic E-state index is 12.1. The first-order valence-corrected chi connectivity index (χ1v) is 7.29. The highest BCUT2D eigenvalue weighted by Gasteiger charge is 2.29. The number of hydrogen-bond donors (Lipinski definition) is 1. The van der Waals surface area contributed by atoms with E-state index in [2.05, 4.69) is 0 Å². The highest BCUT2D eigenvalue weighted by Crippen LogP contribution is 2.27. The molecule has 1 aliphatic carbocycles. The van der Waals surface area contributed by atoms with E-state index in [1.54, 1.807) is 4.90 Å². The van der Waals surface area contributed by atoms with Crippen LogP contribution in [0.4, 0.5) is 0 Å². The number of carboxylic acid groups (broad SMARTS) is 1. The quantitative estimate of drug-likeness (QED) is 0.843. The van der Waals surface area contributed by atoms with Gasteiger partial charge in [0.05, 0.1) is 13.2 Å². The summed E-state index contributed by atoms with van der Waals surface area (Å²) in [7, 11) is 0. The highest BCUT2D eigenvalue weighted by molar-refractivity contribution is 5.78. The molecule has 108 valence electrons. The van der Waals surface area contributed by atoms with Gasteiger partial charge in [0.25, 0.3) is 0 Å². The Morgan fingerprint density at radius 3 is 2.63 bits per heavy atom. The molecule has 0 bridgehead atoms. The molecule has 1 amide bonds. The van der Waals surface area contributed by atoms with Crippen molar-refractivity contribution in [2.45, 2.75) is 51.0 Å². The Balaban J connectivity index is 1.74. The van der Waals surface area contributed by atoms with Crippen molar-refractivity contribution in [2.75, 3.05) is 19.7 Å². The van der Waals surface area contributed by atoms with Gasteiger partial charge in [-0.3, -0.25) is 4.79 Å². The third-order valence-electron chi connectivity index (χ3n) is 4.19. The van der Waals surface area contributed by atoms with Crippen LogP contribution < -0.4 is 0 Å². The second kappa shape index (κ2) is 6.89. The monoisotopic (exact) mass is 269 g/mol. The summed E-state index contributed by atoms with van der Waals surface area (Å²) in [5.74, 6) is -0.209. The number of aliphatic carboxylic acids is 1. The molecule has 5 heteroatoms. The first kappa shape index (κ1) is 14.3. The summed E-state index contributed by atoms with van der Waals surface area (Å²) < 4.78 is 5.12. The predicted octanol–water partition coefficient (Wildman–Crippen LogP) is 1.66. The van der Waals surface area contributed by atoms with Gasteiger partial charge >= 0.3 is 5.97 Å². The predicted molar refractivity (Wildman–Crippen MR) is 69.8 cm³/mol. The molecular weight excluding hydrogens is 246 g/mol. The summed E-state index contributed by atoms with van der Waals surface area (Å²) in [5.41, 5.74) is 0. The van der Waals surface area contributed by atoms with Gasteiger partial charge in [-0.05, 0) is 12.3 Å². The molecule has 1 atom stereocenters. The number of amides is 1. The zero-order valence-corrected chi connectivity index (χ0v) is 11.3. The van der Waals surface area contributed by atoms with Gasteiger partial charge in [0.1, 0.15) is 0 Å². The van der Waals surface area contributed by atoms with E-state index in [9.17, 15) is 9.59 Å². The lowest BCUT2D eigenvalue weighted by Crippen LogP contribution is -2.48. The average molecular weight is 269 g/mol.